The zero-order valence-corrected chi connectivity index (χ0v) is 9.93. The Morgan fingerprint density at radius 1 is 1.47 bits per heavy atom. The average molecular weight is 268 g/mol. The van der Waals surface area contributed by atoms with E-state index in [9.17, 15) is 13.6 Å². The zero-order valence-electron chi connectivity index (χ0n) is 9.93. The minimum Gasteiger partial charge on any atom is -0.462 e. The Hall–Kier alpha value is -2.51. The molecule has 19 heavy (non-hydrogen) atoms. The molecule has 2 rings (SSSR count). The number of hydrogen-bond acceptors (Lipinski definition) is 5. The zero-order chi connectivity index (χ0) is 14.0. The first-order chi connectivity index (χ1) is 9.02. The molecule has 6 nitrogen and oxygen atoms in total. The molecule has 0 amide bonds. The lowest BCUT2D eigenvalue weighted by Gasteiger charge is -2.03. The monoisotopic (exact) mass is 268 g/mol. The molecule has 0 aromatic carbocycles. The fourth-order valence-electron chi connectivity index (χ4n) is 1.39. The highest BCUT2D eigenvalue weighted by Crippen LogP contribution is 2.16. The highest BCUT2D eigenvalue weighted by atomic mass is 19.1. The maximum absolute atomic E-state index is 13.5. The Bertz CT molecular complexity index is 627. The Balaban J connectivity index is 2.38. The quantitative estimate of drug-likeness (QED) is 0.848. The smallest absolute Gasteiger partial charge is 0.341 e. The molecule has 0 atom stereocenters. The summed E-state index contributed by atoms with van der Waals surface area (Å²) in [6.07, 6.45) is 2.42. The molecule has 0 radical (unpaired) electrons. The number of nitrogen functional groups attached to an aromatic ring is 1. The van der Waals surface area contributed by atoms with Crippen molar-refractivity contribution in [3.8, 4) is 5.82 Å². The van der Waals surface area contributed by atoms with E-state index in [1.54, 1.807) is 6.92 Å². The van der Waals surface area contributed by atoms with Crippen molar-refractivity contribution < 1.29 is 18.3 Å². The summed E-state index contributed by atoms with van der Waals surface area (Å²) in [6, 6.07) is 0.601. The van der Waals surface area contributed by atoms with E-state index >= 15 is 0 Å². The number of pyridine rings is 1. The van der Waals surface area contributed by atoms with E-state index in [-0.39, 0.29) is 18.0 Å². The summed E-state index contributed by atoms with van der Waals surface area (Å²) in [5.41, 5.74) is 5.39. The molecule has 0 aliphatic carbocycles. The van der Waals surface area contributed by atoms with Gasteiger partial charge in [-0.2, -0.15) is 5.10 Å². The topological polar surface area (TPSA) is 83.0 Å². The fraction of sp³-hybridized carbons (Fsp3) is 0.182. The second kappa shape index (κ2) is 5.01. The predicted molar refractivity (Wildman–Crippen MR) is 61.6 cm³/mol. The van der Waals surface area contributed by atoms with Crippen molar-refractivity contribution in [1.82, 2.24) is 14.8 Å². The lowest BCUT2D eigenvalue weighted by atomic mass is 10.3. The van der Waals surface area contributed by atoms with Crippen LogP contribution in [0, 0.1) is 11.6 Å². The first-order valence-electron chi connectivity index (χ1n) is 5.36. The van der Waals surface area contributed by atoms with Crippen molar-refractivity contribution >= 4 is 11.8 Å². The van der Waals surface area contributed by atoms with Crippen LogP contribution in [0.3, 0.4) is 0 Å². The summed E-state index contributed by atoms with van der Waals surface area (Å²) in [6.45, 7) is 1.87. The molecule has 0 bridgehead atoms. The fourth-order valence-corrected chi connectivity index (χ4v) is 1.39. The average Bonchev–Trinajstić information content (AvgIpc) is 2.83. The largest absolute Gasteiger partial charge is 0.462 e. The molecular formula is C11H10F2N4O2. The van der Waals surface area contributed by atoms with Crippen LogP contribution >= 0.6 is 0 Å². The Morgan fingerprint density at radius 3 is 2.89 bits per heavy atom. The van der Waals surface area contributed by atoms with E-state index in [0.29, 0.717) is 6.07 Å². The highest BCUT2D eigenvalue weighted by Gasteiger charge is 2.15. The van der Waals surface area contributed by atoms with E-state index in [1.807, 2.05) is 0 Å². The Kier molecular flexibility index (Phi) is 3.41. The van der Waals surface area contributed by atoms with Gasteiger partial charge in [-0.3, -0.25) is 0 Å². The molecule has 0 unspecified atom stereocenters. The van der Waals surface area contributed by atoms with Crippen LogP contribution in [0.15, 0.2) is 18.5 Å². The summed E-state index contributed by atoms with van der Waals surface area (Å²) in [7, 11) is 0. The number of nitrogens with zero attached hydrogens (tertiary/aromatic N) is 3. The van der Waals surface area contributed by atoms with Gasteiger partial charge in [0.1, 0.15) is 0 Å². The van der Waals surface area contributed by atoms with Crippen LogP contribution in [-0.2, 0) is 4.74 Å². The summed E-state index contributed by atoms with van der Waals surface area (Å²) >= 11 is 0. The van der Waals surface area contributed by atoms with E-state index in [2.05, 4.69) is 10.1 Å². The van der Waals surface area contributed by atoms with Gasteiger partial charge in [-0.1, -0.05) is 0 Å². The molecule has 0 aliphatic rings. The van der Waals surface area contributed by atoms with Crippen LogP contribution in [0.25, 0.3) is 5.82 Å². The third-order valence-electron chi connectivity index (χ3n) is 2.25. The maximum atomic E-state index is 13.5. The van der Waals surface area contributed by atoms with Gasteiger partial charge in [0.05, 0.1) is 18.4 Å². The molecule has 2 aromatic heterocycles. The van der Waals surface area contributed by atoms with Crippen molar-refractivity contribution in [2.45, 2.75) is 6.92 Å². The number of rotatable bonds is 3. The number of esters is 1. The lowest BCUT2D eigenvalue weighted by molar-refractivity contribution is 0.0526. The minimum absolute atomic E-state index is 0.131. The molecule has 0 fully saturated rings. The van der Waals surface area contributed by atoms with Gasteiger partial charge in [-0.15, -0.1) is 0 Å². The van der Waals surface area contributed by atoms with Crippen LogP contribution in [0.2, 0.25) is 0 Å². The Morgan fingerprint density at radius 2 is 2.21 bits per heavy atom. The maximum Gasteiger partial charge on any atom is 0.341 e. The summed E-state index contributed by atoms with van der Waals surface area (Å²) in [4.78, 5) is 15.0. The number of nitrogens with two attached hydrogens (primary N) is 1. The standard InChI is InChI=1S/C11H10F2N4O2/c1-2-19-11(18)6-4-15-17(5-6)10-8(13)3-7(12)9(14)16-10/h3-5H,2H2,1H3,(H2,14,16). The SMILES string of the molecule is CCOC(=O)c1cnn(-c2nc(N)c(F)cc2F)c1. The summed E-state index contributed by atoms with van der Waals surface area (Å²) in [5.74, 6) is -3.24. The highest BCUT2D eigenvalue weighted by molar-refractivity contribution is 5.88. The van der Waals surface area contributed by atoms with Crippen LogP contribution in [-0.4, -0.2) is 27.3 Å². The van der Waals surface area contributed by atoms with Crippen molar-refractivity contribution in [1.29, 1.82) is 0 Å². The molecule has 8 heteroatoms. The first-order valence-corrected chi connectivity index (χ1v) is 5.36. The molecule has 2 N–H and O–H groups in total. The number of anilines is 1. The molecule has 0 saturated heterocycles. The third-order valence-corrected chi connectivity index (χ3v) is 2.25. The van der Waals surface area contributed by atoms with Gasteiger partial charge in [0.25, 0.3) is 0 Å². The van der Waals surface area contributed by atoms with Crippen LogP contribution in [0.4, 0.5) is 14.6 Å². The summed E-state index contributed by atoms with van der Waals surface area (Å²) in [5, 5.41) is 3.76. The van der Waals surface area contributed by atoms with Crippen LogP contribution in [0.5, 0.6) is 0 Å². The Labute approximate surface area is 106 Å². The van der Waals surface area contributed by atoms with Gasteiger partial charge < -0.3 is 10.5 Å². The van der Waals surface area contributed by atoms with E-state index in [0.717, 1.165) is 4.68 Å². The number of carbonyl (C=O) groups is 1. The van der Waals surface area contributed by atoms with Crippen molar-refractivity contribution in [2.24, 2.45) is 0 Å². The van der Waals surface area contributed by atoms with Crippen molar-refractivity contribution in [2.75, 3.05) is 12.3 Å². The molecule has 100 valence electrons. The number of ether oxygens (including phenoxy) is 1. The second-order valence-corrected chi connectivity index (χ2v) is 3.55. The van der Waals surface area contributed by atoms with Gasteiger partial charge in [-0.05, 0) is 6.92 Å². The molecule has 2 heterocycles. The third kappa shape index (κ3) is 2.51. The van der Waals surface area contributed by atoms with Crippen molar-refractivity contribution in [3.63, 3.8) is 0 Å². The van der Waals surface area contributed by atoms with Crippen LogP contribution in [0.1, 0.15) is 17.3 Å². The molecule has 0 saturated carbocycles. The minimum atomic E-state index is -0.959. The lowest BCUT2D eigenvalue weighted by Crippen LogP contribution is -2.07. The van der Waals surface area contributed by atoms with Crippen LogP contribution < -0.4 is 5.73 Å². The molecule has 2 aromatic rings. The van der Waals surface area contributed by atoms with Gasteiger partial charge in [0.15, 0.2) is 23.3 Å². The number of carbonyl (C=O) groups excluding carboxylic acids is 1. The molecule has 0 spiro atoms. The first kappa shape index (κ1) is 12.9. The number of halogens is 2. The van der Waals surface area contributed by atoms with E-state index in [4.69, 9.17) is 10.5 Å². The summed E-state index contributed by atoms with van der Waals surface area (Å²) < 4.78 is 32.3. The van der Waals surface area contributed by atoms with Gasteiger partial charge in [0.2, 0.25) is 0 Å². The molecular weight excluding hydrogens is 258 g/mol. The normalized spacial score (nSPS) is 10.5. The van der Waals surface area contributed by atoms with Gasteiger partial charge in [0, 0.05) is 12.3 Å². The number of hydrogen-bond donors (Lipinski definition) is 1. The predicted octanol–water partition coefficient (Wildman–Crippen LogP) is 1.30. The molecule has 0 aliphatic heterocycles. The van der Waals surface area contributed by atoms with Gasteiger partial charge >= 0.3 is 5.97 Å². The second-order valence-electron chi connectivity index (χ2n) is 3.55. The van der Waals surface area contributed by atoms with Crippen molar-refractivity contribution in [3.05, 3.63) is 35.7 Å². The van der Waals surface area contributed by atoms with E-state index in [1.165, 1.54) is 12.4 Å². The van der Waals surface area contributed by atoms with Gasteiger partial charge in [-0.25, -0.2) is 23.2 Å². The van der Waals surface area contributed by atoms with E-state index < -0.39 is 23.4 Å². The number of aromatic nitrogens is 3.